The maximum absolute atomic E-state index is 12.0. The van der Waals surface area contributed by atoms with E-state index in [4.69, 9.17) is 4.74 Å². The van der Waals surface area contributed by atoms with Gasteiger partial charge in [-0.2, -0.15) is 0 Å². The molecule has 0 aromatic carbocycles. The zero-order valence-electron chi connectivity index (χ0n) is 22.0. The minimum absolute atomic E-state index is 0.223. The third kappa shape index (κ3) is 24.2. The van der Waals surface area contributed by atoms with Gasteiger partial charge in [-0.05, 0) is 38.5 Å². The molecule has 0 aliphatic rings. The van der Waals surface area contributed by atoms with Crippen molar-refractivity contribution >= 4 is 11.9 Å². The number of aliphatic carboxylic acids is 1. The summed E-state index contributed by atoms with van der Waals surface area (Å²) in [4.78, 5) is 22.9. The predicted molar refractivity (Wildman–Crippen MR) is 141 cm³/mol. The number of nitrogens with zero attached hydrogens (tertiary/aromatic N) is 1. The molecule has 6 nitrogen and oxygen atoms in total. The number of quaternary nitrogens is 1. The van der Waals surface area contributed by atoms with Crippen LogP contribution in [0.25, 0.3) is 0 Å². The number of hydrogen-bond acceptors (Lipinski definition) is 5. The van der Waals surface area contributed by atoms with Crippen LogP contribution in [0.1, 0.15) is 58.3 Å². The van der Waals surface area contributed by atoms with Gasteiger partial charge in [-0.15, -0.1) is 0 Å². The van der Waals surface area contributed by atoms with Crippen LogP contribution in [-0.2, 0) is 14.3 Å². The van der Waals surface area contributed by atoms with Crippen molar-refractivity contribution in [1.29, 1.82) is 0 Å². The van der Waals surface area contributed by atoms with Crippen molar-refractivity contribution in [2.75, 3.05) is 27.7 Å². The van der Waals surface area contributed by atoms with Crippen LogP contribution in [-0.4, -0.2) is 61.4 Å². The number of carboxylic acid groups (broad SMARTS) is 1. The Balaban J connectivity index is 3.97. The minimum atomic E-state index is -1.21. The summed E-state index contributed by atoms with van der Waals surface area (Å²) in [5, 5.41) is 20.7. The number of aliphatic hydroxyl groups excluding tert-OH is 1. The van der Waals surface area contributed by atoms with Crippen molar-refractivity contribution in [2.24, 2.45) is 0 Å². The summed E-state index contributed by atoms with van der Waals surface area (Å²) >= 11 is 0. The highest BCUT2D eigenvalue weighted by atomic mass is 16.5. The molecule has 0 aromatic rings. The van der Waals surface area contributed by atoms with E-state index in [-0.39, 0.29) is 18.8 Å². The van der Waals surface area contributed by atoms with E-state index in [1.165, 1.54) is 0 Å². The zero-order valence-corrected chi connectivity index (χ0v) is 22.0. The van der Waals surface area contributed by atoms with Gasteiger partial charge in [-0.25, -0.2) is 0 Å². The Hall–Kier alpha value is -2.70. The van der Waals surface area contributed by atoms with Gasteiger partial charge in [-0.3, -0.25) is 4.79 Å². The SMILES string of the molecule is CC/C=C/C=C/C(O)C/C=C/C/C=C/C/C=C/C/C=C/CCC(=O)OC(CC(=O)[O-])C[N+](C)(C)C. The Labute approximate surface area is 212 Å². The van der Waals surface area contributed by atoms with Gasteiger partial charge in [0.25, 0.3) is 0 Å². The Kier molecular flexibility index (Phi) is 19.1. The number of rotatable bonds is 19. The van der Waals surface area contributed by atoms with Crippen molar-refractivity contribution in [3.05, 3.63) is 72.9 Å². The third-order valence-electron chi connectivity index (χ3n) is 4.64. The molecule has 0 heterocycles. The second-order valence-electron chi connectivity index (χ2n) is 9.32. The fraction of sp³-hybridized carbons (Fsp3) is 0.517. The van der Waals surface area contributed by atoms with E-state index in [2.05, 4.69) is 37.3 Å². The topological polar surface area (TPSA) is 86.7 Å². The lowest BCUT2D eigenvalue weighted by Gasteiger charge is -2.29. The number of ether oxygens (including phenoxy) is 1. The van der Waals surface area contributed by atoms with Crippen LogP contribution in [0.3, 0.4) is 0 Å². The summed E-state index contributed by atoms with van der Waals surface area (Å²) in [6, 6.07) is 0. The van der Waals surface area contributed by atoms with E-state index in [1.807, 2.05) is 57.6 Å². The average Bonchev–Trinajstić information content (AvgIpc) is 2.75. The quantitative estimate of drug-likeness (QED) is 0.128. The molecule has 0 saturated heterocycles. The fourth-order valence-corrected chi connectivity index (χ4v) is 3.04. The van der Waals surface area contributed by atoms with Crippen molar-refractivity contribution in [2.45, 2.75) is 70.5 Å². The lowest BCUT2D eigenvalue weighted by molar-refractivity contribution is -0.873. The molecule has 0 bridgehead atoms. The molecule has 2 atom stereocenters. The first-order chi connectivity index (χ1) is 16.6. The summed E-state index contributed by atoms with van der Waals surface area (Å²) in [6.07, 6.45) is 27.5. The maximum atomic E-state index is 12.0. The van der Waals surface area contributed by atoms with Gasteiger partial charge in [-0.1, -0.05) is 79.8 Å². The van der Waals surface area contributed by atoms with Crippen LogP contribution >= 0.6 is 0 Å². The van der Waals surface area contributed by atoms with Crippen molar-refractivity contribution < 1.29 is 29.0 Å². The van der Waals surface area contributed by atoms with Crippen LogP contribution in [0.2, 0.25) is 0 Å². The van der Waals surface area contributed by atoms with Gasteiger partial charge in [0.15, 0.2) is 6.10 Å². The first-order valence-corrected chi connectivity index (χ1v) is 12.4. The number of hydrogen-bond donors (Lipinski definition) is 1. The number of carboxylic acids is 1. The van der Waals surface area contributed by atoms with Crippen molar-refractivity contribution in [1.82, 2.24) is 0 Å². The summed E-state index contributed by atoms with van der Waals surface area (Å²) in [7, 11) is 5.75. The molecule has 6 heteroatoms. The summed E-state index contributed by atoms with van der Waals surface area (Å²) in [5.41, 5.74) is 0. The van der Waals surface area contributed by atoms with E-state index in [0.717, 1.165) is 25.7 Å². The van der Waals surface area contributed by atoms with E-state index >= 15 is 0 Å². The van der Waals surface area contributed by atoms with Gasteiger partial charge in [0.05, 0.1) is 27.2 Å². The Bertz CT molecular complexity index is 754. The zero-order chi connectivity index (χ0) is 26.4. The fourth-order valence-electron chi connectivity index (χ4n) is 3.04. The van der Waals surface area contributed by atoms with Gasteiger partial charge < -0.3 is 24.2 Å². The molecular weight excluding hydrogens is 442 g/mol. The number of likely N-dealkylation sites (N-methyl/N-ethyl adjacent to an activating group) is 1. The van der Waals surface area contributed by atoms with Crippen molar-refractivity contribution in [3.63, 3.8) is 0 Å². The van der Waals surface area contributed by atoms with E-state index in [1.54, 1.807) is 6.08 Å². The Morgan fingerprint density at radius 2 is 1.46 bits per heavy atom. The van der Waals surface area contributed by atoms with Crippen molar-refractivity contribution in [3.8, 4) is 0 Å². The number of aliphatic hydroxyl groups is 1. The maximum Gasteiger partial charge on any atom is 0.306 e. The standard InChI is InChI=1S/C29H45NO5/c1-5-6-7-18-21-26(31)22-19-16-14-12-10-8-9-11-13-15-17-20-23-29(34)35-27(24-28(32)33)25-30(2,3)4/h6-7,9-12,15-19,21,26-27,31H,5,8,13-14,20,22-25H2,1-4H3/b7-6+,11-9+,12-10+,17-15+,19-16+,21-18+. The molecule has 0 rings (SSSR count). The normalized spacial score (nSPS) is 14.9. The first kappa shape index (κ1) is 32.3. The monoisotopic (exact) mass is 487 g/mol. The summed E-state index contributed by atoms with van der Waals surface area (Å²) in [6.45, 7) is 2.49. The molecule has 2 unspecified atom stereocenters. The summed E-state index contributed by atoms with van der Waals surface area (Å²) < 4.78 is 5.83. The Morgan fingerprint density at radius 1 is 0.886 bits per heavy atom. The summed E-state index contributed by atoms with van der Waals surface area (Å²) in [5.74, 6) is -1.60. The largest absolute Gasteiger partial charge is 0.550 e. The van der Waals surface area contributed by atoms with Crippen LogP contribution in [0.5, 0.6) is 0 Å². The van der Waals surface area contributed by atoms with Gasteiger partial charge in [0.1, 0.15) is 6.54 Å². The molecule has 35 heavy (non-hydrogen) atoms. The van der Waals surface area contributed by atoms with Crippen LogP contribution in [0.4, 0.5) is 0 Å². The number of esters is 1. The number of carbonyl (C=O) groups is 2. The average molecular weight is 488 g/mol. The predicted octanol–water partition coefficient (Wildman–Crippen LogP) is 4.19. The molecule has 1 N–H and O–H groups in total. The lowest BCUT2D eigenvalue weighted by atomic mass is 10.2. The van der Waals surface area contributed by atoms with Gasteiger partial charge in [0.2, 0.25) is 0 Å². The third-order valence-corrected chi connectivity index (χ3v) is 4.64. The van der Waals surface area contributed by atoms with E-state index in [0.29, 0.717) is 23.9 Å². The highest BCUT2D eigenvalue weighted by Crippen LogP contribution is 2.07. The second kappa shape index (κ2) is 20.7. The molecule has 0 saturated carbocycles. The molecule has 0 fully saturated rings. The molecule has 0 aliphatic carbocycles. The van der Waals surface area contributed by atoms with Crippen LogP contribution < -0.4 is 5.11 Å². The second-order valence-corrected chi connectivity index (χ2v) is 9.32. The Morgan fingerprint density at radius 3 is 2.00 bits per heavy atom. The number of carbonyl (C=O) groups excluding carboxylic acids is 2. The smallest absolute Gasteiger partial charge is 0.306 e. The lowest BCUT2D eigenvalue weighted by Crippen LogP contribution is -2.45. The molecule has 0 amide bonds. The molecular formula is C29H45NO5. The molecule has 196 valence electrons. The highest BCUT2D eigenvalue weighted by molar-refractivity contribution is 5.71. The first-order valence-electron chi connectivity index (χ1n) is 12.4. The molecule has 0 aromatic heterocycles. The molecule has 0 radical (unpaired) electrons. The highest BCUT2D eigenvalue weighted by Gasteiger charge is 2.22. The van der Waals surface area contributed by atoms with Gasteiger partial charge >= 0.3 is 5.97 Å². The van der Waals surface area contributed by atoms with E-state index < -0.39 is 18.2 Å². The number of allylic oxidation sites excluding steroid dienone is 10. The van der Waals surface area contributed by atoms with E-state index in [9.17, 15) is 19.8 Å². The van der Waals surface area contributed by atoms with Crippen LogP contribution in [0, 0.1) is 0 Å². The van der Waals surface area contributed by atoms with Gasteiger partial charge in [0, 0.05) is 18.8 Å². The minimum Gasteiger partial charge on any atom is -0.550 e. The molecule has 0 aliphatic heterocycles. The molecule has 0 spiro atoms. The van der Waals surface area contributed by atoms with Crippen LogP contribution in [0.15, 0.2) is 72.9 Å².